The van der Waals surface area contributed by atoms with Crippen molar-refractivity contribution in [1.82, 2.24) is 0 Å². The molecule has 0 aromatic heterocycles. The highest BCUT2D eigenvalue weighted by atomic mass is 32.2. The third kappa shape index (κ3) is 3.07. The van der Waals surface area contributed by atoms with Crippen LogP contribution in [0, 0.1) is 11.3 Å². The maximum Gasteiger partial charge on any atom is 0.143 e. The zero-order valence-electron chi connectivity index (χ0n) is 8.91. The van der Waals surface area contributed by atoms with Gasteiger partial charge in [0.05, 0.1) is 18.4 Å². The molecule has 0 aliphatic carbocycles. The van der Waals surface area contributed by atoms with Gasteiger partial charge >= 0.3 is 0 Å². The van der Waals surface area contributed by atoms with E-state index in [0.717, 1.165) is 23.7 Å². The topological polar surface area (TPSA) is 45.0 Å². The molecule has 0 fully saturated rings. The molecule has 1 rings (SSSR count). The minimum Gasteiger partial charge on any atom is -0.495 e. The van der Waals surface area contributed by atoms with Crippen LogP contribution in [0.3, 0.4) is 0 Å². The summed E-state index contributed by atoms with van der Waals surface area (Å²) >= 11 is 1.76. The molecule has 0 radical (unpaired) electrons. The van der Waals surface area contributed by atoms with Crippen molar-refractivity contribution in [2.45, 2.75) is 0 Å². The largest absolute Gasteiger partial charge is 0.495 e. The lowest BCUT2D eigenvalue weighted by atomic mass is 10.2. The van der Waals surface area contributed by atoms with Gasteiger partial charge in [0.15, 0.2) is 0 Å². The van der Waals surface area contributed by atoms with Crippen LogP contribution in [0.25, 0.3) is 0 Å². The summed E-state index contributed by atoms with van der Waals surface area (Å²) < 4.78 is 5.20. The fraction of sp³-hybridized carbons (Fsp3) is 0.364. The Morgan fingerprint density at radius 1 is 1.53 bits per heavy atom. The second-order valence-electron chi connectivity index (χ2n) is 2.91. The number of ether oxygens (including phenoxy) is 1. The summed E-state index contributed by atoms with van der Waals surface area (Å²) in [6.07, 6.45) is 2.05. The maximum absolute atomic E-state index is 8.94. The molecule has 0 aliphatic heterocycles. The first-order valence-electron chi connectivity index (χ1n) is 4.63. The summed E-state index contributed by atoms with van der Waals surface area (Å²) in [6.45, 7) is 0.830. The average molecular weight is 222 g/mol. The van der Waals surface area contributed by atoms with Crippen molar-refractivity contribution < 1.29 is 4.74 Å². The van der Waals surface area contributed by atoms with E-state index in [2.05, 4.69) is 17.6 Å². The molecule has 0 aliphatic rings. The van der Waals surface area contributed by atoms with Crippen molar-refractivity contribution in [3.63, 3.8) is 0 Å². The van der Waals surface area contributed by atoms with Crippen molar-refractivity contribution in [3.8, 4) is 11.8 Å². The van der Waals surface area contributed by atoms with Gasteiger partial charge in [-0.05, 0) is 18.4 Å². The van der Waals surface area contributed by atoms with E-state index in [1.54, 1.807) is 24.9 Å². The van der Waals surface area contributed by atoms with Crippen LogP contribution in [0.1, 0.15) is 5.56 Å². The van der Waals surface area contributed by atoms with Crippen LogP contribution in [0.4, 0.5) is 5.69 Å². The summed E-state index contributed by atoms with van der Waals surface area (Å²) in [7, 11) is 1.61. The van der Waals surface area contributed by atoms with Crippen molar-refractivity contribution in [3.05, 3.63) is 23.8 Å². The first kappa shape index (κ1) is 11.7. The van der Waals surface area contributed by atoms with E-state index in [1.165, 1.54) is 0 Å². The van der Waals surface area contributed by atoms with Gasteiger partial charge in [-0.1, -0.05) is 6.07 Å². The van der Waals surface area contributed by atoms with E-state index in [1.807, 2.05) is 12.1 Å². The molecule has 1 aromatic carbocycles. The van der Waals surface area contributed by atoms with E-state index in [9.17, 15) is 0 Å². The Balaban J connectivity index is 2.86. The van der Waals surface area contributed by atoms with Crippen LogP contribution in [0.5, 0.6) is 5.75 Å². The normalized spacial score (nSPS) is 9.40. The van der Waals surface area contributed by atoms with Crippen molar-refractivity contribution >= 4 is 17.4 Å². The lowest BCUT2D eigenvalue weighted by Crippen LogP contribution is -2.06. The molecule has 0 saturated heterocycles. The predicted molar refractivity (Wildman–Crippen MR) is 64.6 cm³/mol. The number of hydrogen-bond donors (Lipinski definition) is 1. The van der Waals surface area contributed by atoms with Crippen molar-refractivity contribution in [2.24, 2.45) is 0 Å². The second-order valence-corrected chi connectivity index (χ2v) is 3.90. The van der Waals surface area contributed by atoms with E-state index >= 15 is 0 Å². The van der Waals surface area contributed by atoms with E-state index < -0.39 is 0 Å². The summed E-state index contributed by atoms with van der Waals surface area (Å²) in [5, 5.41) is 12.2. The van der Waals surface area contributed by atoms with Crippen LogP contribution in [0.15, 0.2) is 18.2 Å². The number of anilines is 1. The number of nitrogens with one attached hydrogen (secondary N) is 1. The minimum absolute atomic E-state index is 0.621. The van der Waals surface area contributed by atoms with Crippen molar-refractivity contribution in [1.29, 1.82) is 5.26 Å². The van der Waals surface area contributed by atoms with E-state index in [-0.39, 0.29) is 0 Å². The Hall–Kier alpha value is -1.34. The lowest BCUT2D eigenvalue weighted by Gasteiger charge is -2.11. The van der Waals surface area contributed by atoms with Gasteiger partial charge in [0.1, 0.15) is 11.8 Å². The molecule has 15 heavy (non-hydrogen) atoms. The summed E-state index contributed by atoms with van der Waals surface area (Å²) in [5.74, 6) is 1.72. The molecule has 0 amide bonds. The number of para-hydroxylation sites is 1. The third-order valence-electron chi connectivity index (χ3n) is 1.97. The zero-order valence-corrected chi connectivity index (χ0v) is 9.73. The van der Waals surface area contributed by atoms with Gasteiger partial charge in [-0.25, -0.2) is 0 Å². The lowest BCUT2D eigenvalue weighted by molar-refractivity contribution is 0.416. The van der Waals surface area contributed by atoms with Gasteiger partial charge in [-0.2, -0.15) is 17.0 Å². The summed E-state index contributed by atoms with van der Waals surface area (Å²) in [5.41, 5.74) is 1.41. The number of thioether (sulfide) groups is 1. The molecule has 1 N–H and O–H groups in total. The minimum atomic E-state index is 0.621. The molecule has 0 heterocycles. The van der Waals surface area contributed by atoms with Gasteiger partial charge in [0, 0.05) is 12.3 Å². The van der Waals surface area contributed by atoms with Crippen LogP contribution in [-0.4, -0.2) is 25.7 Å². The molecular formula is C11H14N2OS. The number of methoxy groups -OCH3 is 1. The Morgan fingerprint density at radius 2 is 2.33 bits per heavy atom. The molecular weight excluding hydrogens is 208 g/mol. The molecule has 1 aromatic rings. The highest BCUT2D eigenvalue weighted by molar-refractivity contribution is 7.98. The van der Waals surface area contributed by atoms with Crippen LogP contribution in [0.2, 0.25) is 0 Å². The average Bonchev–Trinajstić information content (AvgIpc) is 2.29. The Labute approximate surface area is 94.4 Å². The maximum atomic E-state index is 8.94. The molecule has 4 heteroatoms. The van der Waals surface area contributed by atoms with Gasteiger partial charge in [-0.15, -0.1) is 0 Å². The molecule has 0 spiro atoms. The second kappa shape index (κ2) is 6.20. The molecule has 80 valence electrons. The first-order chi connectivity index (χ1) is 7.33. The van der Waals surface area contributed by atoms with Gasteiger partial charge in [0.2, 0.25) is 0 Å². The number of nitriles is 1. The standard InChI is InChI=1S/C11H14N2OS/c1-14-10-5-3-4-9(8-12)11(10)13-6-7-15-2/h3-5,13H,6-7H2,1-2H3. The monoisotopic (exact) mass is 222 g/mol. The van der Waals surface area contributed by atoms with Gasteiger partial charge in [0.25, 0.3) is 0 Å². The smallest absolute Gasteiger partial charge is 0.143 e. The fourth-order valence-corrected chi connectivity index (χ4v) is 1.56. The zero-order chi connectivity index (χ0) is 11.1. The highest BCUT2D eigenvalue weighted by Gasteiger charge is 2.07. The number of rotatable bonds is 5. The molecule has 0 saturated carbocycles. The van der Waals surface area contributed by atoms with Crippen LogP contribution >= 0.6 is 11.8 Å². The van der Waals surface area contributed by atoms with Crippen LogP contribution in [-0.2, 0) is 0 Å². The molecule has 0 atom stereocenters. The Kier molecular flexibility index (Phi) is 4.85. The van der Waals surface area contributed by atoms with Crippen LogP contribution < -0.4 is 10.1 Å². The summed E-state index contributed by atoms with van der Waals surface area (Å²) in [6, 6.07) is 7.60. The Morgan fingerprint density at radius 3 is 2.93 bits per heavy atom. The summed E-state index contributed by atoms with van der Waals surface area (Å²) in [4.78, 5) is 0. The quantitative estimate of drug-likeness (QED) is 0.777. The molecule has 0 unspecified atom stereocenters. The number of nitrogens with zero attached hydrogens (tertiary/aromatic N) is 1. The highest BCUT2D eigenvalue weighted by Crippen LogP contribution is 2.27. The number of benzene rings is 1. The predicted octanol–water partition coefficient (Wildman–Crippen LogP) is 2.34. The third-order valence-corrected chi connectivity index (χ3v) is 2.59. The molecule has 0 bridgehead atoms. The SMILES string of the molecule is COc1cccc(C#N)c1NCCSC. The molecule has 3 nitrogen and oxygen atoms in total. The van der Waals surface area contributed by atoms with Gasteiger partial charge in [-0.3, -0.25) is 0 Å². The Bertz CT molecular complexity index is 360. The van der Waals surface area contributed by atoms with Gasteiger partial charge < -0.3 is 10.1 Å². The van der Waals surface area contributed by atoms with Crippen molar-refractivity contribution in [2.75, 3.05) is 31.0 Å². The van der Waals surface area contributed by atoms with E-state index in [4.69, 9.17) is 10.00 Å². The first-order valence-corrected chi connectivity index (χ1v) is 6.02. The fourth-order valence-electron chi connectivity index (χ4n) is 1.25. The number of hydrogen-bond acceptors (Lipinski definition) is 4. The van der Waals surface area contributed by atoms with E-state index in [0.29, 0.717) is 5.56 Å².